The number of carbonyl (C=O) groups excluding carboxylic acids is 1. The molecule has 0 aliphatic rings. The van der Waals surface area contributed by atoms with Crippen LogP contribution in [0.2, 0.25) is 10.0 Å². The standard InChI is InChI=1S/C14H10BrCl2NO4S/c1-8(19)18-10-2-4-11(5-3-10)22-23(20,21)14-12(16)6-9(15)7-13(14)17/h2-7H,1H3,(H,18,19). The highest BCUT2D eigenvalue weighted by Gasteiger charge is 2.24. The third-order valence-corrected chi connectivity index (χ3v) is 5.22. The van der Waals surface area contributed by atoms with Crippen LogP contribution in [0.25, 0.3) is 0 Å². The van der Waals surface area contributed by atoms with Crippen LogP contribution in [-0.4, -0.2) is 14.3 Å². The fourth-order valence-electron chi connectivity index (χ4n) is 1.73. The molecule has 0 saturated carbocycles. The number of amides is 1. The van der Waals surface area contributed by atoms with Gasteiger partial charge in [-0.3, -0.25) is 4.79 Å². The number of rotatable bonds is 4. The van der Waals surface area contributed by atoms with Crippen molar-refractivity contribution in [3.05, 3.63) is 50.9 Å². The van der Waals surface area contributed by atoms with E-state index < -0.39 is 10.1 Å². The first-order valence-corrected chi connectivity index (χ1v) is 9.11. The minimum atomic E-state index is -4.20. The van der Waals surface area contributed by atoms with Gasteiger partial charge in [0.05, 0.1) is 10.0 Å². The van der Waals surface area contributed by atoms with Crippen LogP contribution in [0.15, 0.2) is 45.8 Å². The highest BCUT2D eigenvalue weighted by atomic mass is 79.9. The van der Waals surface area contributed by atoms with Gasteiger partial charge in [0.2, 0.25) is 5.91 Å². The number of anilines is 1. The fourth-order valence-corrected chi connectivity index (χ4v) is 4.55. The quantitative estimate of drug-likeness (QED) is 0.714. The third kappa shape index (κ3) is 4.60. The average Bonchev–Trinajstić information content (AvgIpc) is 2.38. The second-order valence-corrected chi connectivity index (χ2v) is 7.65. The molecule has 5 nitrogen and oxygen atoms in total. The summed E-state index contributed by atoms with van der Waals surface area (Å²) in [5.41, 5.74) is 0.516. The monoisotopic (exact) mass is 437 g/mol. The maximum absolute atomic E-state index is 12.3. The highest BCUT2D eigenvalue weighted by molar-refractivity contribution is 9.10. The Labute approximate surface area is 151 Å². The molecule has 0 saturated heterocycles. The zero-order chi connectivity index (χ0) is 17.2. The molecule has 0 aliphatic heterocycles. The summed E-state index contributed by atoms with van der Waals surface area (Å²) in [6, 6.07) is 8.65. The van der Waals surface area contributed by atoms with Gasteiger partial charge >= 0.3 is 10.1 Å². The van der Waals surface area contributed by atoms with E-state index in [0.29, 0.717) is 10.2 Å². The summed E-state index contributed by atoms with van der Waals surface area (Å²) in [5.74, 6) is -0.172. The van der Waals surface area contributed by atoms with Crippen molar-refractivity contribution in [3.63, 3.8) is 0 Å². The zero-order valence-corrected chi connectivity index (χ0v) is 15.6. The molecule has 0 spiro atoms. The molecule has 0 heterocycles. The average molecular weight is 439 g/mol. The molecular weight excluding hydrogens is 429 g/mol. The predicted octanol–water partition coefficient (Wildman–Crippen LogP) is 4.48. The largest absolute Gasteiger partial charge is 0.379 e. The van der Waals surface area contributed by atoms with Crippen LogP contribution in [0.1, 0.15) is 6.92 Å². The summed E-state index contributed by atoms with van der Waals surface area (Å²) in [5, 5.41) is 2.45. The molecular formula is C14H10BrCl2NO4S. The van der Waals surface area contributed by atoms with Gasteiger partial charge in [-0.15, -0.1) is 0 Å². The smallest absolute Gasteiger partial charge is 0.342 e. The Balaban J connectivity index is 2.30. The first-order valence-electron chi connectivity index (χ1n) is 6.16. The van der Waals surface area contributed by atoms with Crippen LogP contribution in [0, 0.1) is 0 Å². The maximum Gasteiger partial charge on any atom is 0.342 e. The van der Waals surface area contributed by atoms with Gasteiger partial charge in [0.15, 0.2) is 0 Å². The molecule has 0 fully saturated rings. The molecule has 2 aromatic carbocycles. The molecule has 9 heteroatoms. The van der Waals surface area contributed by atoms with Crippen LogP contribution in [0.4, 0.5) is 5.69 Å². The van der Waals surface area contributed by atoms with Crippen LogP contribution in [0.3, 0.4) is 0 Å². The van der Waals surface area contributed by atoms with Gasteiger partial charge in [-0.2, -0.15) is 8.42 Å². The van der Waals surface area contributed by atoms with Crippen LogP contribution < -0.4 is 9.50 Å². The van der Waals surface area contributed by atoms with Crippen molar-refractivity contribution in [1.29, 1.82) is 0 Å². The van der Waals surface area contributed by atoms with Crippen molar-refractivity contribution in [3.8, 4) is 5.75 Å². The van der Waals surface area contributed by atoms with E-state index in [4.69, 9.17) is 27.4 Å². The lowest BCUT2D eigenvalue weighted by molar-refractivity contribution is -0.114. The molecule has 0 bridgehead atoms. The van der Waals surface area contributed by atoms with Gasteiger partial charge in [0.1, 0.15) is 10.6 Å². The summed E-state index contributed by atoms with van der Waals surface area (Å²) < 4.78 is 30.3. The first kappa shape index (κ1) is 18.1. The van der Waals surface area contributed by atoms with Crippen LogP contribution in [0.5, 0.6) is 5.75 Å². The number of hydrogen-bond donors (Lipinski definition) is 1. The van der Waals surface area contributed by atoms with Gasteiger partial charge in [-0.25, -0.2) is 0 Å². The fraction of sp³-hybridized carbons (Fsp3) is 0.0714. The van der Waals surface area contributed by atoms with Gasteiger partial charge in [0.25, 0.3) is 0 Å². The van der Waals surface area contributed by atoms with Crippen LogP contribution in [-0.2, 0) is 14.9 Å². The summed E-state index contributed by atoms with van der Waals surface area (Å²) in [4.78, 5) is 10.6. The second-order valence-electron chi connectivity index (χ2n) is 4.44. The zero-order valence-electron chi connectivity index (χ0n) is 11.6. The topological polar surface area (TPSA) is 72.5 Å². The van der Waals surface area contributed by atoms with E-state index in [1.807, 2.05) is 0 Å². The first-order chi connectivity index (χ1) is 10.7. The summed E-state index contributed by atoms with van der Waals surface area (Å²) >= 11 is 15.1. The van der Waals surface area contributed by atoms with Gasteiger partial charge in [-0.1, -0.05) is 39.1 Å². The van der Waals surface area contributed by atoms with Crippen molar-refractivity contribution in [2.75, 3.05) is 5.32 Å². The number of halogens is 3. The minimum Gasteiger partial charge on any atom is -0.379 e. The van der Waals surface area contributed by atoms with Gasteiger partial charge < -0.3 is 9.50 Å². The normalized spacial score (nSPS) is 11.1. The maximum atomic E-state index is 12.3. The number of benzene rings is 2. The molecule has 2 aromatic rings. The summed E-state index contributed by atoms with van der Waals surface area (Å²) in [6.07, 6.45) is 0. The van der Waals surface area contributed by atoms with E-state index in [0.717, 1.165) is 0 Å². The highest BCUT2D eigenvalue weighted by Crippen LogP contribution is 2.34. The second kappa shape index (κ2) is 7.09. The SMILES string of the molecule is CC(=O)Nc1ccc(OS(=O)(=O)c2c(Cl)cc(Br)cc2Cl)cc1. The molecule has 0 atom stereocenters. The molecule has 0 unspecified atom stereocenters. The van der Waals surface area contributed by atoms with Crippen molar-refractivity contribution in [1.82, 2.24) is 0 Å². The van der Waals surface area contributed by atoms with Crippen molar-refractivity contribution in [2.24, 2.45) is 0 Å². The molecule has 23 heavy (non-hydrogen) atoms. The van der Waals surface area contributed by atoms with E-state index in [-0.39, 0.29) is 26.6 Å². The molecule has 1 N–H and O–H groups in total. The number of hydrogen-bond acceptors (Lipinski definition) is 4. The Bertz CT molecular complexity index is 831. The van der Waals surface area contributed by atoms with E-state index in [2.05, 4.69) is 21.2 Å². The molecule has 0 aromatic heterocycles. The number of nitrogens with one attached hydrogen (secondary N) is 1. The summed E-state index contributed by atoms with van der Waals surface area (Å²) in [7, 11) is -4.20. The van der Waals surface area contributed by atoms with E-state index >= 15 is 0 Å². The van der Waals surface area contributed by atoms with Crippen molar-refractivity contribution < 1.29 is 17.4 Å². The Hall–Kier alpha value is -1.28. The Kier molecular flexibility index (Phi) is 5.57. The van der Waals surface area contributed by atoms with E-state index in [1.165, 1.54) is 43.3 Å². The lowest BCUT2D eigenvalue weighted by Gasteiger charge is -2.11. The van der Waals surface area contributed by atoms with Crippen molar-refractivity contribution >= 4 is 60.8 Å². The Morgan fingerprint density at radius 1 is 1.13 bits per heavy atom. The third-order valence-electron chi connectivity index (χ3n) is 2.59. The molecule has 0 aliphatic carbocycles. The predicted molar refractivity (Wildman–Crippen MR) is 92.7 cm³/mol. The molecule has 1 amide bonds. The number of carbonyl (C=O) groups is 1. The van der Waals surface area contributed by atoms with Crippen LogP contribution >= 0.6 is 39.1 Å². The lowest BCUT2D eigenvalue weighted by Crippen LogP contribution is -2.11. The van der Waals surface area contributed by atoms with E-state index in [9.17, 15) is 13.2 Å². The van der Waals surface area contributed by atoms with Gasteiger partial charge in [-0.05, 0) is 36.4 Å². The Morgan fingerprint density at radius 3 is 2.13 bits per heavy atom. The molecule has 0 radical (unpaired) electrons. The van der Waals surface area contributed by atoms with Gasteiger partial charge in [0, 0.05) is 17.1 Å². The van der Waals surface area contributed by atoms with Crippen molar-refractivity contribution in [2.45, 2.75) is 11.8 Å². The molecule has 122 valence electrons. The minimum absolute atomic E-state index is 0.0563. The summed E-state index contributed by atoms with van der Waals surface area (Å²) in [6.45, 7) is 1.37. The Morgan fingerprint density at radius 2 is 1.65 bits per heavy atom. The lowest BCUT2D eigenvalue weighted by atomic mass is 10.3. The van der Waals surface area contributed by atoms with E-state index in [1.54, 1.807) is 0 Å². The molecule has 2 rings (SSSR count).